The molecular weight excluding hydrogens is 306 g/mol. The number of carbonyl (C=O) groups is 1. The van der Waals surface area contributed by atoms with Crippen molar-refractivity contribution in [1.29, 1.82) is 0 Å². The van der Waals surface area contributed by atoms with Crippen LogP contribution >= 0.6 is 0 Å². The predicted octanol–water partition coefficient (Wildman–Crippen LogP) is 2.39. The Bertz CT molecular complexity index is 485. The molecule has 0 saturated carbocycles. The Morgan fingerprint density at radius 3 is 2.58 bits per heavy atom. The van der Waals surface area contributed by atoms with Crippen molar-refractivity contribution in [2.75, 3.05) is 44.9 Å². The smallest absolute Gasteiger partial charge is 0.315 e. The van der Waals surface area contributed by atoms with E-state index in [0.717, 1.165) is 44.7 Å². The molecule has 1 aliphatic rings. The minimum atomic E-state index is -0.0746. The molecular formula is C18H29N3O3. The van der Waals surface area contributed by atoms with Crippen molar-refractivity contribution in [2.24, 2.45) is 0 Å². The van der Waals surface area contributed by atoms with E-state index in [-0.39, 0.29) is 12.1 Å². The number of carbonyl (C=O) groups excluding carboxylic acids is 1. The van der Waals surface area contributed by atoms with E-state index < -0.39 is 0 Å². The molecule has 0 aromatic heterocycles. The van der Waals surface area contributed by atoms with Gasteiger partial charge in [-0.3, -0.25) is 0 Å². The van der Waals surface area contributed by atoms with Crippen molar-refractivity contribution in [1.82, 2.24) is 10.6 Å². The zero-order chi connectivity index (χ0) is 17.2. The van der Waals surface area contributed by atoms with Crippen molar-refractivity contribution >= 4 is 11.7 Å². The van der Waals surface area contributed by atoms with Gasteiger partial charge in [-0.1, -0.05) is 0 Å². The van der Waals surface area contributed by atoms with Crippen LogP contribution in [0.25, 0.3) is 0 Å². The first kappa shape index (κ1) is 18.4. The first-order valence-corrected chi connectivity index (χ1v) is 8.74. The lowest BCUT2D eigenvalue weighted by molar-refractivity contribution is 0.145. The third-order valence-corrected chi connectivity index (χ3v) is 4.22. The largest absolute Gasteiger partial charge is 0.497 e. The number of rotatable bonds is 8. The Kier molecular flexibility index (Phi) is 7.68. The minimum absolute atomic E-state index is 0.0746. The molecule has 1 aromatic carbocycles. The van der Waals surface area contributed by atoms with E-state index in [2.05, 4.69) is 27.7 Å². The summed E-state index contributed by atoms with van der Waals surface area (Å²) < 4.78 is 10.4. The lowest BCUT2D eigenvalue weighted by Crippen LogP contribution is -2.48. The fourth-order valence-corrected chi connectivity index (χ4v) is 2.83. The van der Waals surface area contributed by atoms with Gasteiger partial charge >= 0.3 is 6.03 Å². The number of methoxy groups -OCH3 is 1. The summed E-state index contributed by atoms with van der Waals surface area (Å²) in [6.45, 7) is 5.92. The van der Waals surface area contributed by atoms with E-state index in [1.54, 1.807) is 7.11 Å². The average molecular weight is 335 g/mol. The maximum Gasteiger partial charge on any atom is 0.315 e. The van der Waals surface area contributed by atoms with Crippen molar-refractivity contribution in [3.8, 4) is 5.75 Å². The van der Waals surface area contributed by atoms with Gasteiger partial charge < -0.3 is 25.0 Å². The molecule has 2 amide bonds. The van der Waals surface area contributed by atoms with E-state index in [9.17, 15) is 4.79 Å². The van der Waals surface area contributed by atoms with E-state index in [1.165, 1.54) is 5.69 Å². The number of urea groups is 1. The van der Waals surface area contributed by atoms with Crippen molar-refractivity contribution in [3.05, 3.63) is 24.3 Å². The molecule has 6 heteroatoms. The lowest BCUT2D eigenvalue weighted by atomic mass is 10.0. The quantitative estimate of drug-likeness (QED) is 0.716. The summed E-state index contributed by atoms with van der Waals surface area (Å²) in [5.41, 5.74) is 1.20. The highest BCUT2D eigenvalue weighted by Crippen LogP contribution is 2.22. The van der Waals surface area contributed by atoms with E-state index in [1.807, 2.05) is 19.1 Å². The summed E-state index contributed by atoms with van der Waals surface area (Å²) >= 11 is 0. The summed E-state index contributed by atoms with van der Waals surface area (Å²) in [6.07, 6.45) is 2.76. The van der Waals surface area contributed by atoms with Gasteiger partial charge in [-0.05, 0) is 50.5 Å². The van der Waals surface area contributed by atoms with Gasteiger partial charge in [-0.2, -0.15) is 0 Å². The van der Waals surface area contributed by atoms with Crippen LogP contribution < -0.4 is 20.3 Å². The second-order valence-corrected chi connectivity index (χ2v) is 5.91. The lowest BCUT2D eigenvalue weighted by Gasteiger charge is -2.34. The topological polar surface area (TPSA) is 62.8 Å². The van der Waals surface area contributed by atoms with Gasteiger partial charge in [0.25, 0.3) is 0 Å². The molecule has 0 unspecified atom stereocenters. The number of nitrogens with zero attached hydrogens (tertiary/aromatic N) is 1. The second-order valence-electron chi connectivity index (χ2n) is 5.91. The van der Waals surface area contributed by atoms with Gasteiger partial charge in [0, 0.05) is 44.6 Å². The van der Waals surface area contributed by atoms with Crippen LogP contribution in [0.3, 0.4) is 0 Å². The van der Waals surface area contributed by atoms with Crippen LogP contribution in [0.15, 0.2) is 24.3 Å². The molecule has 0 aliphatic carbocycles. The van der Waals surface area contributed by atoms with Crippen LogP contribution in [-0.2, 0) is 4.74 Å². The zero-order valence-electron chi connectivity index (χ0n) is 14.7. The van der Waals surface area contributed by atoms with Crippen molar-refractivity contribution in [3.63, 3.8) is 0 Å². The molecule has 1 aromatic rings. The van der Waals surface area contributed by atoms with Crippen LogP contribution in [0.5, 0.6) is 5.75 Å². The maximum atomic E-state index is 11.9. The van der Waals surface area contributed by atoms with Crippen LogP contribution in [0, 0.1) is 0 Å². The van der Waals surface area contributed by atoms with Crippen LogP contribution in [-0.4, -0.2) is 52.0 Å². The maximum absolute atomic E-state index is 11.9. The van der Waals surface area contributed by atoms with E-state index in [0.29, 0.717) is 13.2 Å². The van der Waals surface area contributed by atoms with Gasteiger partial charge in [-0.15, -0.1) is 0 Å². The Morgan fingerprint density at radius 1 is 1.25 bits per heavy atom. The molecule has 0 radical (unpaired) electrons. The highest BCUT2D eigenvalue weighted by atomic mass is 16.5. The molecule has 1 saturated heterocycles. The Morgan fingerprint density at radius 2 is 1.96 bits per heavy atom. The Labute approximate surface area is 144 Å². The predicted molar refractivity (Wildman–Crippen MR) is 95.9 cm³/mol. The van der Waals surface area contributed by atoms with E-state index >= 15 is 0 Å². The molecule has 1 aliphatic heterocycles. The number of hydrogen-bond donors (Lipinski definition) is 2. The second kappa shape index (κ2) is 10.0. The summed E-state index contributed by atoms with van der Waals surface area (Å²) in [7, 11) is 1.67. The summed E-state index contributed by atoms with van der Waals surface area (Å²) in [4.78, 5) is 14.2. The third-order valence-electron chi connectivity index (χ3n) is 4.22. The molecule has 2 rings (SSSR count). The SMILES string of the molecule is CCOCCCNC(=O)NC1CCN(c2ccc(OC)cc2)CC1. The first-order chi connectivity index (χ1) is 11.7. The summed E-state index contributed by atoms with van der Waals surface area (Å²) in [5, 5.41) is 5.95. The van der Waals surface area contributed by atoms with Crippen LogP contribution in [0.2, 0.25) is 0 Å². The highest BCUT2D eigenvalue weighted by molar-refractivity contribution is 5.74. The molecule has 0 bridgehead atoms. The first-order valence-electron chi connectivity index (χ1n) is 8.74. The summed E-state index contributed by atoms with van der Waals surface area (Å²) in [6, 6.07) is 8.29. The monoisotopic (exact) mass is 335 g/mol. The Balaban J connectivity index is 1.65. The van der Waals surface area contributed by atoms with Crippen LogP contribution in [0.4, 0.5) is 10.5 Å². The average Bonchev–Trinajstić information content (AvgIpc) is 2.62. The summed E-state index contributed by atoms with van der Waals surface area (Å²) in [5.74, 6) is 0.872. The third kappa shape index (κ3) is 5.92. The number of ether oxygens (including phenoxy) is 2. The van der Waals surface area contributed by atoms with Gasteiger partial charge in [0.2, 0.25) is 0 Å². The van der Waals surface area contributed by atoms with Crippen molar-refractivity contribution < 1.29 is 14.3 Å². The van der Waals surface area contributed by atoms with Crippen molar-refractivity contribution in [2.45, 2.75) is 32.2 Å². The number of nitrogens with one attached hydrogen (secondary N) is 2. The minimum Gasteiger partial charge on any atom is -0.497 e. The van der Waals surface area contributed by atoms with E-state index in [4.69, 9.17) is 9.47 Å². The standard InChI is InChI=1S/C18H29N3O3/c1-3-24-14-4-11-19-18(22)20-15-9-12-21(13-10-15)16-5-7-17(23-2)8-6-16/h5-8,15H,3-4,9-14H2,1-2H3,(H2,19,20,22). The number of piperidine rings is 1. The molecule has 0 spiro atoms. The fourth-order valence-electron chi connectivity index (χ4n) is 2.83. The molecule has 2 N–H and O–H groups in total. The molecule has 24 heavy (non-hydrogen) atoms. The Hall–Kier alpha value is -1.95. The normalized spacial score (nSPS) is 15.2. The number of anilines is 1. The molecule has 1 heterocycles. The molecule has 0 atom stereocenters. The van der Waals surface area contributed by atoms with Gasteiger partial charge in [0.15, 0.2) is 0 Å². The molecule has 6 nitrogen and oxygen atoms in total. The zero-order valence-corrected chi connectivity index (χ0v) is 14.7. The molecule has 134 valence electrons. The number of hydrogen-bond acceptors (Lipinski definition) is 4. The van der Waals surface area contributed by atoms with Gasteiger partial charge in [0.05, 0.1) is 7.11 Å². The molecule has 1 fully saturated rings. The number of amides is 2. The highest BCUT2D eigenvalue weighted by Gasteiger charge is 2.20. The fraction of sp³-hybridized carbons (Fsp3) is 0.611. The van der Waals surface area contributed by atoms with Gasteiger partial charge in [0.1, 0.15) is 5.75 Å². The van der Waals surface area contributed by atoms with Crippen LogP contribution in [0.1, 0.15) is 26.2 Å². The van der Waals surface area contributed by atoms with Gasteiger partial charge in [-0.25, -0.2) is 4.79 Å². The number of benzene rings is 1.